The molecule has 0 saturated carbocycles. The summed E-state index contributed by atoms with van der Waals surface area (Å²) in [7, 11) is 1.67. The third kappa shape index (κ3) is 3.71. The van der Waals surface area contributed by atoms with Crippen molar-refractivity contribution in [1.29, 1.82) is 0 Å². The van der Waals surface area contributed by atoms with Crippen LogP contribution in [0.5, 0.6) is 0 Å². The molecule has 6 heteroatoms. The molecule has 19 heavy (non-hydrogen) atoms. The van der Waals surface area contributed by atoms with Crippen molar-refractivity contribution < 1.29 is 14.3 Å². The highest BCUT2D eigenvalue weighted by atomic mass is 32.2. The van der Waals surface area contributed by atoms with Crippen LogP contribution in [0.25, 0.3) is 11.1 Å². The molecule has 0 radical (unpaired) electrons. The van der Waals surface area contributed by atoms with Crippen LogP contribution >= 0.6 is 11.8 Å². The second-order valence-electron chi connectivity index (χ2n) is 4.36. The lowest BCUT2D eigenvalue weighted by Crippen LogP contribution is -2.34. The highest BCUT2D eigenvalue weighted by Crippen LogP contribution is 2.23. The van der Waals surface area contributed by atoms with E-state index in [9.17, 15) is 9.90 Å². The second kappa shape index (κ2) is 6.08. The second-order valence-corrected chi connectivity index (χ2v) is 5.29. The lowest BCUT2D eigenvalue weighted by Gasteiger charge is -2.17. The summed E-state index contributed by atoms with van der Waals surface area (Å²) in [5.74, 6) is 0.184. The van der Waals surface area contributed by atoms with E-state index in [0.717, 1.165) is 11.1 Å². The number of aromatic nitrogens is 1. The van der Waals surface area contributed by atoms with E-state index in [1.54, 1.807) is 14.0 Å². The molecule has 0 spiro atoms. The molecule has 1 N–H and O–H groups in total. The van der Waals surface area contributed by atoms with Gasteiger partial charge in [0.25, 0.3) is 5.22 Å². The van der Waals surface area contributed by atoms with E-state index in [0.29, 0.717) is 11.8 Å². The predicted octanol–water partition coefficient (Wildman–Crippen LogP) is 1.76. The molecule has 1 heterocycles. The molecule has 102 valence electrons. The Morgan fingerprint density at radius 2 is 2.26 bits per heavy atom. The number of benzene rings is 1. The number of nitrogens with zero attached hydrogens (tertiary/aromatic N) is 2. The molecule has 1 unspecified atom stereocenters. The number of hydrogen-bond acceptors (Lipinski definition) is 5. The van der Waals surface area contributed by atoms with Crippen molar-refractivity contribution in [2.45, 2.75) is 18.3 Å². The summed E-state index contributed by atoms with van der Waals surface area (Å²) in [6.45, 7) is 1.98. The third-order valence-corrected chi connectivity index (χ3v) is 3.37. The number of hydrogen-bond donors (Lipinski definition) is 1. The van der Waals surface area contributed by atoms with Gasteiger partial charge in [0.05, 0.1) is 11.9 Å². The molecule has 0 aliphatic carbocycles. The Labute approximate surface area is 115 Å². The van der Waals surface area contributed by atoms with Gasteiger partial charge in [-0.05, 0) is 19.1 Å². The van der Waals surface area contributed by atoms with E-state index in [-0.39, 0.29) is 11.7 Å². The molecule has 2 rings (SSSR count). The van der Waals surface area contributed by atoms with E-state index in [4.69, 9.17) is 4.42 Å². The van der Waals surface area contributed by atoms with Gasteiger partial charge < -0.3 is 14.4 Å². The van der Waals surface area contributed by atoms with Crippen LogP contribution in [-0.4, -0.2) is 46.3 Å². The summed E-state index contributed by atoms with van der Waals surface area (Å²) < 4.78 is 5.51. The van der Waals surface area contributed by atoms with E-state index < -0.39 is 6.10 Å². The predicted molar refractivity (Wildman–Crippen MR) is 74.1 cm³/mol. The van der Waals surface area contributed by atoms with Gasteiger partial charge in [0.2, 0.25) is 5.91 Å². The van der Waals surface area contributed by atoms with E-state index in [1.807, 2.05) is 24.3 Å². The minimum Gasteiger partial charge on any atom is -0.431 e. The molecule has 0 saturated heterocycles. The Morgan fingerprint density at radius 1 is 1.53 bits per heavy atom. The van der Waals surface area contributed by atoms with Crippen molar-refractivity contribution in [2.24, 2.45) is 0 Å². The first kappa shape index (κ1) is 13.9. The lowest BCUT2D eigenvalue weighted by molar-refractivity contribution is -0.128. The van der Waals surface area contributed by atoms with Gasteiger partial charge >= 0.3 is 0 Å². The van der Waals surface area contributed by atoms with Crippen molar-refractivity contribution in [1.82, 2.24) is 9.88 Å². The summed E-state index contributed by atoms with van der Waals surface area (Å²) in [5.41, 5.74) is 1.50. The number of rotatable bonds is 5. The third-order valence-electron chi connectivity index (χ3n) is 2.56. The maximum atomic E-state index is 11.8. The zero-order valence-corrected chi connectivity index (χ0v) is 11.7. The summed E-state index contributed by atoms with van der Waals surface area (Å²) in [6, 6.07) is 7.47. The summed E-state index contributed by atoms with van der Waals surface area (Å²) in [6.07, 6.45) is -0.525. The zero-order chi connectivity index (χ0) is 13.8. The number of likely N-dealkylation sites (N-methyl/N-ethyl adjacent to an activating group) is 1. The average molecular weight is 280 g/mol. The topological polar surface area (TPSA) is 66.6 Å². The molecule has 0 aliphatic rings. The largest absolute Gasteiger partial charge is 0.431 e. The molecule has 1 aromatic carbocycles. The van der Waals surface area contributed by atoms with E-state index in [2.05, 4.69) is 4.98 Å². The standard InChI is InChI=1S/C13H16N2O3S/c1-9(16)7-15(2)12(17)8-19-13-14-10-5-3-4-6-11(10)18-13/h3-6,9,16H,7-8H2,1-2H3. The van der Waals surface area contributed by atoms with E-state index in [1.165, 1.54) is 16.7 Å². The van der Waals surface area contributed by atoms with Crippen LogP contribution in [0.3, 0.4) is 0 Å². The summed E-state index contributed by atoms with van der Waals surface area (Å²) in [5, 5.41) is 9.71. The molecule has 0 aliphatic heterocycles. The fraction of sp³-hybridized carbons (Fsp3) is 0.385. The Hall–Kier alpha value is -1.53. The van der Waals surface area contributed by atoms with Crippen LogP contribution in [0.1, 0.15) is 6.92 Å². The number of thioether (sulfide) groups is 1. The molecule has 1 atom stereocenters. The number of carbonyl (C=O) groups excluding carboxylic acids is 1. The molecule has 0 bridgehead atoms. The van der Waals surface area contributed by atoms with Gasteiger partial charge in [-0.1, -0.05) is 23.9 Å². The first-order chi connectivity index (χ1) is 9.06. The first-order valence-electron chi connectivity index (χ1n) is 5.96. The summed E-state index contributed by atoms with van der Waals surface area (Å²) >= 11 is 1.26. The number of amides is 1. The minimum atomic E-state index is -0.525. The van der Waals surface area contributed by atoms with Gasteiger partial charge in [0.1, 0.15) is 5.52 Å². The van der Waals surface area contributed by atoms with E-state index >= 15 is 0 Å². The lowest BCUT2D eigenvalue weighted by atomic mass is 10.3. The van der Waals surface area contributed by atoms with Crippen LogP contribution in [0, 0.1) is 0 Å². The number of carbonyl (C=O) groups is 1. The minimum absolute atomic E-state index is 0.0619. The van der Waals surface area contributed by atoms with Crippen LogP contribution in [0.2, 0.25) is 0 Å². The number of fused-ring (bicyclic) bond motifs is 1. The fourth-order valence-electron chi connectivity index (χ4n) is 1.64. The van der Waals surface area contributed by atoms with Gasteiger partial charge in [-0.15, -0.1) is 0 Å². The Kier molecular flexibility index (Phi) is 4.44. The molecule has 2 aromatic rings. The molecular weight excluding hydrogens is 264 g/mol. The molecule has 5 nitrogen and oxygen atoms in total. The number of aliphatic hydroxyl groups is 1. The van der Waals surface area contributed by atoms with Gasteiger partial charge in [-0.25, -0.2) is 4.98 Å². The maximum absolute atomic E-state index is 11.8. The maximum Gasteiger partial charge on any atom is 0.257 e. The Balaban J connectivity index is 1.93. The normalized spacial score (nSPS) is 12.6. The van der Waals surface area contributed by atoms with Gasteiger partial charge in [-0.3, -0.25) is 4.79 Å². The molecule has 0 fully saturated rings. The van der Waals surface area contributed by atoms with Crippen molar-refractivity contribution in [3.8, 4) is 0 Å². The van der Waals surface area contributed by atoms with Gasteiger partial charge in [0.15, 0.2) is 5.58 Å². The smallest absolute Gasteiger partial charge is 0.257 e. The highest BCUT2D eigenvalue weighted by molar-refractivity contribution is 7.99. The highest BCUT2D eigenvalue weighted by Gasteiger charge is 2.13. The Morgan fingerprint density at radius 3 is 2.95 bits per heavy atom. The number of para-hydroxylation sites is 2. The zero-order valence-electron chi connectivity index (χ0n) is 10.9. The quantitative estimate of drug-likeness (QED) is 0.845. The summed E-state index contributed by atoms with van der Waals surface area (Å²) in [4.78, 5) is 17.6. The van der Waals surface area contributed by atoms with Crippen molar-refractivity contribution >= 4 is 28.8 Å². The van der Waals surface area contributed by atoms with Crippen molar-refractivity contribution in [3.63, 3.8) is 0 Å². The van der Waals surface area contributed by atoms with Crippen LogP contribution in [0.15, 0.2) is 33.9 Å². The molecule has 1 amide bonds. The average Bonchev–Trinajstić information content (AvgIpc) is 2.77. The van der Waals surface area contributed by atoms with Gasteiger partial charge in [-0.2, -0.15) is 0 Å². The fourth-order valence-corrected chi connectivity index (χ4v) is 2.42. The molecular formula is C13H16N2O3S. The number of oxazole rings is 1. The van der Waals surface area contributed by atoms with Crippen molar-refractivity contribution in [2.75, 3.05) is 19.3 Å². The number of aliphatic hydroxyl groups excluding tert-OH is 1. The van der Waals surface area contributed by atoms with Crippen molar-refractivity contribution in [3.05, 3.63) is 24.3 Å². The monoisotopic (exact) mass is 280 g/mol. The van der Waals surface area contributed by atoms with Gasteiger partial charge in [0, 0.05) is 13.6 Å². The van der Waals surface area contributed by atoms with Crippen LogP contribution < -0.4 is 0 Å². The first-order valence-corrected chi connectivity index (χ1v) is 6.95. The Bertz CT molecular complexity index is 535. The molecule has 1 aromatic heterocycles. The van der Waals surface area contributed by atoms with Crippen LogP contribution in [-0.2, 0) is 4.79 Å². The van der Waals surface area contributed by atoms with Crippen LogP contribution in [0.4, 0.5) is 0 Å². The SMILES string of the molecule is CC(O)CN(C)C(=O)CSc1nc2ccccc2o1.